The number of hydrogen-bond acceptors (Lipinski definition) is 14. The lowest BCUT2D eigenvalue weighted by Crippen LogP contribution is -2.65. The zero-order valence-electron chi connectivity index (χ0n) is 34.3. The van der Waals surface area contributed by atoms with Gasteiger partial charge in [-0.05, 0) is 94.9 Å². The van der Waals surface area contributed by atoms with Gasteiger partial charge in [-0.1, -0.05) is 27.7 Å². The molecule has 4 unspecified atom stereocenters. The van der Waals surface area contributed by atoms with Gasteiger partial charge in [0.25, 0.3) is 5.88 Å². The molecule has 14 heteroatoms. The van der Waals surface area contributed by atoms with Crippen molar-refractivity contribution >= 4 is 40.7 Å². The van der Waals surface area contributed by atoms with Crippen LogP contribution in [0.4, 0.5) is 5.82 Å². The summed E-state index contributed by atoms with van der Waals surface area (Å²) in [6.07, 6.45) is -1.64. The largest absolute Gasteiger partial charge is 0.472 e. The number of ketones is 4. The molecule has 0 radical (unpaired) electrons. The molecular weight excluding hydrogens is 689 g/mol. The maximum absolute atomic E-state index is 14.5. The van der Waals surface area contributed by atoms with E-state index in [0.717, 1.165) is 11.7 Å². The molecule has 2 rings (SSSR count). The van der Waals surface area contributed by atoms with Crippen molar-refractivity contribution in [2.75, 3.05) is 44.4 Å². The molecule has 1 aromatic rings. The Morgan fingerprint density at radius 3 is 1.92 bits per heavy atom. The van der Waals surface area contributed by atoms with Gasteiger partial charge < -0.3 is 28.6 Å². The predicted octanol–water partition coefficient (Wildman–Crippen LogP) is 5.65. The lowest BCUT2D eigenvalue weighted by molar-refractivity contribution is -0.177. The van der Waals surface area contributed by atoms with Gasteiger partial charge in [-0.25, -0.2) is 0 Å². The van der Waals surface area contributed by atoms with Crippen LogP contribution in [0.15, 0.2) is 0 Å². The quantitative estimate of drug-likeness (QED) is 0.136. The molecule has 0 amide bonds. The highest BCUT2D eigenvalue weighted by molar-refractivity contribution is 6.99. The van der Waals surface area contributed by atoms with Crippen LogP contribution in [0.2, 0.25) is 0 Å². The highest BCUT2D eigenvalue weighted by Crippen LogP contribution is 2.35. The maximum Gasteiger partial charge on any atom is 0.270 e. The van der Waals surface area contributed by atoms with Crippen LogP contribution in [-0.2, 0) is 38.1 Å². The van der Waals surface area contributed by atoms with Crippen molar-refractivity contribution in [2.24, 2.45) is 0 Å². The van der Waals surface area contributed by atoms with E-state index in [-0.39, 0.29) is 36.3 Å². The van der Waals surface area contributed by atoms with E-state index in [1.165, 1.54) is 13.8 Å². The molecule has 1 aliphatic heterocycles. The number of hydrogen-bond donors (Lipinski definition) is 0. The highest BCUT2D eigenvalue weighted by Gasteiger charge is 2.48. The second-order valence-corrected chi connectivity index (χ2v) is 16.0. The zero-order valence-corrected chi connectivity index (χ0v) is 35.1. The first-order valence-electron chi connectivity index (χ1n) is 18.8. The lowest BCUT2D eigenvalue weighted by atomic mass is 9.83. The number of nitrogens with zero attached hydrogens (tertiary/aromatic N) is 4. The molecule has 52 heavy (non-hydrogen) atoms. The first-order chi connectivity index (χ1) is 24.1. The zero-order chi connectivity index (χ0) is 39.7. The van der Waals surface area contributed by atoms with E-state index in [2.05, 4.69) is 18.5 Å². The third-order valence-electron chi connectivity index (χ3n) is 10.6. The van der Waals surface area contributed by atoms with Crippen molar-refractivity contribution in [3.8, 4) is 5.88 Å². The van der Waals surface area contributed by atoms with Crippen LogP contribution in [-0.4, -0.2) is 123 Å². The Morgan fingerprint density at radius 1 is 0.846 bits per heavy atom. The van der Waals surface area contributed by atoms with Crippen LogP contribution in [0.5, 0.6) is 5.88 Å². The van der Waals surface area contributed by atoms with E-state index in [4.69, 9.17) is 23.7 Å². The van der Waals surface area contributed by atoms with Gasteiger partial charge in [0, 0.05) is 25.2 Å². The first kappa shape index (κ1) is 45.8. The molecule has 0 spiro atoms. The molecular formula is C38H66N4O9S. The van der Waals surface area contributed by atoms with Crippen LogP contribution in [0.25, 0.3) is 0 Å². The molecule has 0 aliphatic carbocycles. The van der Waals surface area contributed by atoms with E-state index in [0.29, 0.717) is 63.7 Å². The molecule has 13 nitrogen and oxygen atoms in total. The van der Waals surface area contributed by atoms with Gasteiger partial charge in [-0.2, -0.15) is 4.37 Å². The van der Waals surface area contributed by atoms with Crippen LogP contribution in [0.3, 0.4) is 0 Å². The Balaban J connectivity index is 2.57. The molecule has 298 valence electrons. The van der Waals surface area contributed by atoms with Gasteiger partial charge in [0.1, 0.15) is 42.2 Å². The van der Waals surface area contributed by atoms with Crippen molar-refractivity contribution in [1.82, 2.24) is 13.6 Å². The van der Waals surface area contributed by atoms with Crippen LogP contribution in [0.1, 0.15) is 123 Å². The van der Waals surface area contributed by atoms with E-state index in [1.807, 2.05) is 55.4 Å². The van der Waals surface area contributed by atoms with Crippen molar-refractivity contribution in [1.29, 1.82) is 0 Å². The SMILES string of the molecule is CCC(O[C@@H](C)C(=O)C(C)(CC)O[C@H](COc1nsnc1N1CCOCC1)CN(C(C)(C)C)C(C)(CC)C(=O)[C@H](C)OC(C)(CC)C(C)=O)C(C)=O. The summed E-state index contributed by atoms with van der Waals surface area (Å²) in [5.74, 6) is 0.214. The van der Waals surface area contributed by atoms with Gasteiger partial charge in [0.05, 0.1) is 30.5 Å². The molecule has 1 aromatic heterocycles. The van der Waals surface area contributed by atoms with Gasteiger partial charge in [0.2, 0.25) is 5.82 Å². The summed E-state index contributed by atoms with van der Waals surface area (Å²) in [5.41, 5.74) is -4.06. The van der Waals surface area contributed by atoms with E-state index in [9.17, 15) is 19.2 Å². The van der Waals surface area contributed by atoms with Gasteiger partial charge in [0.15, 0.2) is 23.1 Å². The minimum Gasteiger partial charge on any atom is -0.472 e. The minimum atomic E-state index is -1.33. The number of Topliss-reactive ketones (excluding diaryl/α,β-unsaturated/α-hetero) is 4. The molecule has 2 heterocycles. The summed E-state index contributed by atoms with van der Waals surface area (Å²) in [7, 11) is 0. The maximum atomic E-state index is 14.5. The van der Waals surface area contributed by atoms with E-state index < -0.39 is 46.7 Å². The summed E-state index contributed by atoms with van der Waals surface area (Å²) < 4.78 is 39.8. The third kappa shape index (κ3) is 11.3. The Labute approximate surface area is 316 Å². The number of ether oxygens (including phenoxy) is 5. The number of morpholine rings is 1. The van der Waals surface area contributed by atoms with Gasteiger partial charge in [-0.15, -0.1) is 4.37 Å². The summed E-state index contributed by atoms with van der Waals surface area (Å²) >= 11 is 1.05. The van der Waals surface area contributed by atoms with Crippen molar-refractivity contribution in [3.05, 3.63) is 0 Å². The fraction of sp³-hybridized carbons (Fsp3) is 0.842. The average Bonchev–Trinajstić information content (AvgIpc) is 3.58. The molecule has 1 aliphatic rings. The average molecular weight is 755 g/mol. The second kappa shape index (κ2) is 19.3. The number of aromatic nitrogens is 2. The van der Waals surface area contributed by atoms with E-state index in [1.54, 1.807) is 27.7 Å². The smallest absolute Gasteiger partial charge is 0.270 e. The fourth-order valence-corrected chi connectivity index (χ4v) is 7.17. The second-order valence-electron chi connectivity index (χ2n) is 15.5. The third-order valence-corrected chi connectivity index (χ3v) is 11.1. The number of carbonyl (C=O) groups excluding carboxylic acids is 4. The molecule has 0 aromatic carbocycles. The molecule has 0 saturated carbocycles. The summed E-state index contributed by atoms with van der Waals surface area (Å²) in [4.78, 5) is 57.4. The predicted molar refractivity (Wildman–Crippen MR) is 202 cm³/mol. The fourth-order valence-electron chi connectivity index (χ4n) is 6.65. The number of carbonyl (C=O) groups is 4. The van der Waals surface area contributed by atoms with Crippen molar-refractivity contribution in [2.45, 2.75) is 169 Å². The summed E-state index contributed by atoms with van der Waals surface area (Å²) in [6, 6.07) is 0. The Hall–Kier alpha value is -2.36. The highest BCUT2D eigenvalue weighted by atomic mass is 32.1. The molecule has 7 atom stereocenters. The topological polar surface area (TPSA) is 147 Å². The van der Waals surface area contributed by atoms with Crippen LogP contribution < -0.4 is 9.64 Å². The molecule has 1 saturated heterocycles. The molecule has 1 fully saturated rings. The normalized spacial score (nSPS) is 19.9. The van der Waals surface area contributed by atoms with Gasteiger partial charge >= 0.3 is 0 Å². The van der Waals surface area contributed by atoms with Crippen LogP contribution in [0, 0.1) is 0 Å². The Bertz CT molecular complexity index is 1350. The number of rotatable bonds is 23. The summed E-state index contributed by atoms with van der Waals surface area (Å²) in [5, 5.41) is 0. The number of anilines is 1. The first-order valence-corrected chi connectivity index (χ1v) is 19.5. The van der Waals surface area contributed by atoms with Crippen LogP contribution >= 0.6 is 11.7 Å². The lowest BCUT2D eigenvalue weighted by Gasteiger charge is -2.50. The standard InChI is InChI=1S/C38H66N4O9S/c1-15-30(25(5)43)49-26(6)32(46)38(14,18-4)51-29(24-48-34-33(39-52-40-34)41-19-21-47-22-20-41)23-42(35(9,10)11)36(12,16-2)31(45)27(7)50-37(13,17-3)28(8)44/h26-27,29-30H,15-24H2,1-14H3/t26-,27-,29-,30?,36?,37?,38?/m0/s1. The van der Waals surface area contributed by atoms with Gasteiger partial charge in [-0.3, -0.25) is 24.1 Å². The van der Waals surface area contributed by atoms with E-state index >= 15 is 0 Å². The Kier molecular flexibility index (Phi) is 17.0. The minimum absolute atomic E-state index is 0.00322. The van der Waals surface area contributed by atoms with Crippen molar-refractivity contribution < 1.29 is 42.9 Å². The summed E-state index contributed by atoms with van der Waals surface area (Å²) in [6.45, 7) is 27.8. The molecule has 0 bridgehead atoms. The molecule has 0 N–H and O–H groups in total. The Morgan fingerprint density at radius 2 is 1.44 bits per heavy atom. The monoisotopic (exact) mass is 754 g/mol. The van der Waals surface area contributed by atoms with Crippen molar-refractivity contribution in [3.63, 3.8) is 0 Å².